The number of hydrogen-bond acceptors (Lipinski definition) is 5. The van der Waals surface area contributed by atoms with Gasteiger partial charge in [0.05, 0.1) is 4.90 Å². The topological polar surface area (TPSA) is 101 Å². The van der Waals surface area contributed by atoms with Crippen molar-refractivity contribution in [2.45, 2.75) is 11.8 Å². The summed E-state index contributed by atoms with van der Waals surface area (Å²) in [7, 11) is -8.84. The van der Waals surface area contributed by atoms with Crippen molar-refractivity contribution < 1.29 is 21.6 Å². The van der Waals surface area contributed by atoms with Gasteiger partial charge < -0.3 is 0 Å². The lowest BCUT2D eigenvalue weighted by Crippen LogP contribution is -2.35. The average Bonchev–Trinajstić information content (AvgIpc) is 2.30. The van der Waals surface area contributed by atoms with Gasteiger partial charge in [-0.2, -0.15) is 8.42 Å². The predicted octanol–water partition coefficient (Wildman–Crippen LogP) is 0.278. The maximum Gasteiger partial charge on any atom is 0.346 e. The molecule has 0 N–H and O–H groups in total. The second-order valence-electron chi connectivity index (χ2n) is 3.07. The third-order valence-electron chi connectivity index (χ3n) is 1.98. The molecule has 0 spiro atoms. The fourth-order valence-corrected chi connectivity index (χ4v) is 4.20. The van der Waals surface area contributed by atoms with E-state index in [1.165, 1.54) is 31.2 Å². The average molecular weight is 290 g/mol. The maximum absolute atomic E-state index is 12.0. The molecule has 0 bridgehead atoms. The lowest BCUT2D eigenvalue weighted by Gasteiger charge is -2.16. The molecule has 0 heterocycles. The molecule has 7 nitrogen and oxygen atoms in total. The number of rotatable bonds is 5. The number of benzene rings is 1. The van der Waals surface area contributed by atoms with E-state index < -0.39 is 20.2 Å². The van der Waals surface area contributed by atoms with Gasteiger partial charge in [-0.1, -0.05) is 33.2 Å². The molecule has 0 saturated heterocycles. The summed E-state index contributed by atoms with van der Waals surface area (Å²) in [6.07, 6.45) is 0.827. The number of isocyanates is 1. The van der Waals surface area contributed by atoms with Crippen molar-refractivity contribution in [3.05, 3.63) is 30.3 Å². The Bertz CT molecular complexity index is 660. The van der Waals surface area contributed by atoms with Gasteiger partial charge in [0.15, 0.2) is 0 Å². The first-order valence-electron chi connectivity index (χ1n) is 4.78. The van der Waals surface area contributed by atoms with Crippen LogP contribution in [0.3, 0.4) is 0 Å². The van der Waals surface area contributed by atoms with Crippen molar-refractivity contribution >= 4 is 26.3 Å². The van der Waals surface area contributed by atoms with E-state index in [1.54, 1.807) is 6.07 Å². The largest absolute Gasteiger partial charge is 0.346 e. The smallest absolute Gasteiger partial charge is 0.210 e. The minimum Gasteiger partial charge on any atom is -0.210 e. The van der Waals surface area contributed by atoms with Crippen LogP contribution in [0.25, 0.3) is 0 Å². The van der Waals surface area contributed by atoms with Crippen LogP contribution in [0.1, 0.15) is 6.92 Å². The van der Waals surface area contributed by atoms with Crippen molar-refractivity contribution in [1.82, 2.24) is 3.71 Å². The highest BCUT2D eigenvalue weighted by molar-refractivity contribution is 8.03. The quantitative estimate of drug-likeness (QED) is 0.572. The molecule has 0 fully saturated rings. The monoisotopic (exact) mass is 290 g/mol. The maximum atomic E-state index is 12.0. The molecule has 9 heteroatoms. The van der Waals surface area contributed by atoms with Gasteiger partial charge >= 0.3 is 10.2 Å². The zero-order chi connectivity index (χ0) is 13.8. The molecule has 18 heavy (non-hydrogen) atoms. The van der Waals surface area contributed by atoms with Crippen LogP contribution >= 0.6 is 0 Å². The summed E-state index contributed by atoms with van der Waals surface area (Å²) in [5.41, 5.74) is 0. The first-order valence-corrected chi connectivity index (χ1v) is 7.62. The van der Waals surface area contributed by atoms with Crippen LogP contribution in [0.5, 0.6) is 0 Å². The molecule has 0 aliphatic rings. The van der Waals surface area contributed by atoms with E-state index in [-0.39, 0.29) is 15.2 Å². The molecular formula is C9H10N2O5S2. The van der Waals surface area contributed by atoms with Crippen molar-refractivity contribution in [1.29, 1.82) is 0 Å². The molecule has 0 aromatic heterocycles. The lowest BCUT2D eigenvalue weighted by atomic mass is 10.4. The molecule has 1 aromatic rings. The van der Waals surface area contributed by atoms with Crippen molar-refractivity contribution in [3.63, 3.8) is 0 Å². The Morgan fingerprint density at radius 3 is 2.17 bits per heavy atom. The number of nitrogens with zero attached hydrogens (tertiary/aromatic N) is 2. The second kappa shape index (κ2) is 5.40. The van der Waals surface area contributed by atoms with E-state index in [1.807, 2.05) is 0 Å². The molecule has 0 aliphatic carbocycles. The summed E-state index contributed by atoms with van der Waals surface area (Å²) in [5, 5.41) is 0. The molecular weight excluding hydrogens is 280 g/mol. The van der Waals surface area contributed by atoms with Gasteiger partial charge in [0.25, 0.3) is 16.1 Å². The van der Waals surface area contributed by atoms with Gasteiger partial charge in [0, 0.05) is 6.54 Å². The summed E-state index contributed by atoms with van der Waals surface area (Å²) in [6.45, 7) is 0.948. The molecule has 0 unspecified atom stereocenters. The van der Waals surface area contributed by atoms with Crippen LogP contribution in [0.2, 0.25) is 0 Å². The summed E-state index contributed by atoms with van der Waals surface area (Å²) in [6, 6.07) is 7.00. The SMILES string of the molecule is CCN(S(=O)(=O)N=C=O)S(=O)(=O)c1ccccc1. The fourth-order valence-electron chi connectivity index (χ4n) is 1.26. The first-order chi connectivity index (χ1) is 8.36. The van der Waals surface area contributed by atoms with Crippen LogP contribution in [0.4, 0.5) is 0 Å². The van der Waals surface area contributed by atoms with Gasteiger partial charge in [-0.3, -0.25) is 0 Å². The van der Waals surface area contributed by atoms with E-state index in [0.29, 0.717) is 0 Å². The Kier molecular flexibility index (Phi) is 4.36. The van der Waals surface area contributed by atoms with Gasteiger partial charge in [-0.05, 0) is 12.1 Å². The fraction of sp³-hybridized carbons (Fsp3) is 0.222. The minimum atomic E-state index is -4.58. The Labute approximate surface area is 105 Å². The lowest BCUT2D eigenvalue weighted by molar-refractivity contribution is 0.506. The molecule has 98 valence electrons. The number of hydrogen-bond donors (Lipinski definition) is 0. The standard InChI is InChI=1S/C9H10N2O5S2/c1-2-11(18(15,16)10-8-12)17(13,14)9-6-4-3-5-7-9/h3-7H,2H2,1H3. The molecule has 0 atom stereocenters. The third kappa shape index (κ3) is 2.82. The second-order valence-corrected chi connectivity index (χ2v) is 6.68. The van der Waals surface area contributed by atoms with Crippen molar-refractivity contribution in [2.75, 3.05) is 6.54 Å². The Morgan fingerprint density at radius 1 is 1.17 bits per heavy atom. The third-order valence-corrected chi connectivity index (χ3v) is 5.87. The van der Waals surface area contributed by atoms with Crippen LogP contribution in [0.15, 0.2) is 39.6 Å². The molecule has 1 aromatic carbocycles. The molecule has 1 rings (SSSR count). The van der Waals surface area contributed by atoms with E-state index >= 15 is 0 Å². The van der Waals surface area contributed by atoms with E-state index in [4.69, 9.17) is 0 Å². The zero-order valence-electron chi connectivity index (χ0n) is 9.35. The molecule has 0 saturated carbocycles. The van der Waals surface area contributed by atoms with E-state index in [2.05, 4.69) is 4.40 Å². The van der Waals surface area contributed by atoms with Gasteiger partial charge in [0.1, 0.15) is 0 Å². The summed E-state index contributed by atoms with van der Waals surface area (Å²) in [4.78, 5) is 9.81. The normalized spacial score (nSPS) is 12.1. The van der Waals surface area contributed by atoms with E-state index in [9.17, 15) is 21.6 Å². The van der Waals surface area contributed by atoms with Gasteiger partial charge in [-0.15, -0.1) is 0 Å². The van der Waals surface area contributed by atoms with E-state index in [0.717, 1.165) is 6.08 Å². The number of sulfonamides is 1. The summed E-state index contributed by atoms with van der Waals surface area (Å²) >= 11 is 0. The van der Waals surface area contributed by atoms with Gasteiger partial charge in [-0.25, -0.2) is 13.2 Å². The highest BCUT2D eigenvalue weighted by Gasteiger charge is 2.33. The molecule has 0 amide bonds. The molecule has 0 aliphatic heterocycles. The minimum absolute atomic E-state index is 0.139. The summed E-state index contributed by atoms with van der Waals surface area (Å²) in [5.74, 6) is 0. The highest BCUT2D eigenvalue weighted by atomic mass is 32.3. The van der Waals surface area contributed by atoms with Crippen LogP contribution < -0.4 is 0 Å². The predicted molar refractivity (Wildman–Crippen MR) is 63.0 cm³/mol. The Balaban J connectivity index is 3.39. The van der Waals surface area contributed by atoms with Gasteiger partial charge in [0.2, 0.25) is 0 Å². The van der Waals surface area contributed by atoms with Crippen molar-refractivity contribution in [3.8, 4) is 0 Å². The Morgan fingerprint density at radius 2 is 1.72 bits per heavy atom. The summed E-state index contributed by atoms with van der Waals surface area (Å²) < 4.78 is 49.8. The molecule has 0 radical (unpaired) electrons. The highest BCUT2D eigenvalue weighted by Crippen LogP contribution is 2.18. The number of carbonyl (C=O) groups excluding carboxylic acids is 1. The van der Waals surface area contributed by atoms with Crippen LogP contribution in [0, 0.1) is 0 Å². The Hall–Kier alpha value is -1.54. The van der Waals surface area contributed by atoms with Crippen molar-refractivity contribution in [2.24, 2.45) is 4.40 Å². The van der Waals surface area contributed by atoms with Crippen LogP contribution in [-0.4, -0.2) is 33.2 Å². The first kappa shape index (κ1) is 14.5. The zero-order valence-corrected chi connectivity index (χ0v) is 11.0. The van der Waals surface area contributed by atoms with Crippen LogP contribution in [-0.2, 0) is 25.0 Å².